The molecule has 0 radical (unpaired) electrons. The number of hydrogen-bond donors (Lipinski definition) is 2. The number of aliphatic imine (C=N–C) groups is 1. The summed E-state index contributed by atoms with van der Waals surface area (Å²) in [6, 6.07) is 17.1. The van der Waals surface area contributed by atoms with Crippen molar-refractivity contribution in [3.63, 3.8) is 0 Å². The highest BCUT2D eigenvalue weighted by atomic mass is 16.5. The van der Waals surface area contributed by atoms with Crippen molar-refractivity contribution in [1.29, 1.82) is 0 Å². The minimum absolute atomic E-state index is 0.560. The summed E-state index contributed by atoms with van der Waals surface area (Å²) in [6.07, 6.45) is 1.17. The van der Waals surface area contributed by atoms with Crippen LogP contribution in [0.2, 0.25) is 0 Å². The molecule has 2 aromatic rings. The summed E-state index contributed by atoms with van der Waals surface area (Å²) in [5.74, 6) is 2.76. The molecule has 1 aliphatic rings. The van der Waals surface area contributed by atoms with Gasteiger partial charge in [0.05, 0.1) is 14.2 Å². The summed E-state index contributed by atoms with van der Waals surface area (Å²) in [6.45, 7) is 8.09. The van der Waals surface area contributed by atoms with Crippen molar-refractivity contribution >= 4 is 11.6 Å². The van der Waals surface area contributed by atoms with Crippen molar-refractivity contribution in [2.75, 3.05) is 39.2 Å². The number of guanidine groups is 1. The van der Waals surface area contributed by atoms with E-state index in [-0.39, 0.29) is 0 Å². The second-order valence-corrected chi connectivity index (χ2v) is 7.78. The summed E-state index contributed by atoms with van der Waals surface area (Å²) in [5, 5.41) is 6.72. The molecule has 0 aliphatic carbocycles. The van der Waals surface area contributed by atoms with Crippen LogP contribution in [-0.4, -0.2) is 50.8 Å². The average Bonchev–Trinajstić information content (AvgIpc) is 3.12. The number of benzene rings is 2. The first-order valence-electron chi connectivity index (χ1n) is 10.7. The number of likely N-dealkylation sites (tertiary alicyclic amines) is 1. The van der Waals surface area contributed by atoms with E-state index >= 15 is 0 Å². The maximum absolute atomic E-state index is 5.40. The minimum atomic E-state index is 0.560. The Labute approximate surface area is 180 Å². The molecule has 1 aliphatic heterocycles. The van der Waals surface area contributed by atoms with Crippen LogP contribution >= 0.6 is 0 Å². The third-order valence-electron chi connectivity index (χ3n) is 5.52. The number of methoxy groups -OCH3 is 2. The summed E-state index contributed by atoms with van der Waals surface area (Å²) in [5.41, 5.74) is 2.29. The fourth-order valence-electron chi connectivity index (χ4n) is 3.97. The molecule has 1 heterocycles. The zero-order chi connectivity index (χ0) is 21.3. The zero-order valence-corrected chi connectivity index (χ0v) is 18.5. The standard InChI is InChI=1S/C24H34N4O2/c1-5-25-24(27-21-11-12-22(29-3)23(14-21)30-4)26-15-20-13-18(2)28(17-20)16-19-9-7-6-8-10-19/h6-12,14,18,20H,5,13,15-17H2,1-4H3,(H2,25,26,27). The molecule has 6 nitrogen and oxygen atoms in total. The maximum atomic E-state index is 5.40. The van der Waals surface area contributed by atoms with Gasteiger partial charge in [-0.3, -0.25) is 9.89 Å². The first kappa shape index (κ1) is 22.0. The molecule has 2 aromatic carbocycles. The second kappa shape index (κ2) is 10.9. The fraction of sp³-hybridized carbons (Fsp3) is 0.458. The number of hydrogen-bond acceptors (Lipinski definition) is 4. The van der Waals surface area contributed by atoms with Gasteiger partial charge >= 0.3 is 0 Å². The summed E-state index contributed by atoms with van der Waals surface area (Å²) in [7, 11) is 3.28. The molecule has 162 valence electrons. The van der Waals surface area contributed by atoms with Gasteiger partial charge < -0.3 is 20.1 Å². The van der Waals surface area contributed by atoms with Gasteiger partial charge in [0.15, 0.2) is 17.5 Å². The number of ether oxygens (including phenoxy) is 2. The monoisotopic (exact) mass is 410 g/mol. The normalized spacial score (nSPS) is 19.5. The second-order valence-electron chi connectivity index (χ2n) is 7.78. The van der Waals surface area contributed by atoms with Crippen molar-refractivity contribution in [2.24, 2.45) is 10.9 Å². The van der Waals surface area contributed by atoms with E-state index in [1.54, 1.807) is 14.2 Å². The topological polar surface area (TPSA) is 58.1 Å². The lowest BCUT2D eigenvalue weighted by molar-refractivity contribution is 0.256. The Morgan fingerprint density at radius 1 is 1.10 bits per heavy atom. The highest BCUT2D eigenvalue weighted by Gasteiger charge is 2.28. The Kier molecular flexibility index (Phi) is 7.97. The van der Waals surface area contributed by atoms with Crippen LogP contribution in [0.5, 0.6) is 11.5 Å². The maximum Gasteiger partial charge on any atom is 0.195 e. The lowest BCUT2D eigenvalue weighted by Crippen LogP contribution is -2.31. The zero-order valence-electron chi connectivity index (χ0n) is 18.5. The summed E-state index contributed by atoms with van der Waals surface area (Å²) >= 11 is 0. The van der Waals surface area contributed by atoms with Crippen LogP contribution in [0.15, 0.2) is 53.5 Å². The van der Waals surface area contributed by atoms with Gasteiger partial charge in [-0.05, 0) is 43.9 Å². The molecule has 30 heavy (non-hydrogen) atoms. The molecule has 0 aromatic heterocycles. The van der Waals surface area contributed by atoms with Crippen LogP contribution in [0.25, 0.3) is 0 Å². The van der Waals surface area contributed by atoms with E-state index in [1.807, 2.05) is 18.2 Å². The van der Waals surface area contributed by atoms with Gasteiger partial charge in [-0.15, -0.1) is 0 Å². The van der Waals surface area contributed by atoms with Gasteiger partial charge in [-0.2, -0.15) is 0 Å². The van der Waals surface area contributed by atoms with Crippen LogP contribution in [0, 0.1) is 5.92 Å². The largest absolute Gasteiger partial charge is 0.493 e. The number of nitrogens with zero attached hydrogens (tertiary/aromatic N) is 2. The van der Waals surface area contributed by atoms with E-state index in [0.29, 0.717) is 23.5 Å². The molecule has 6 heteroatoms. The smallest absolute Gasteiger partial charge is 0.195 e. The molecule has 1 fully saturated rings. The van der Waals surface area contributed by atoms with E-state index in [4.69, 9.17) is 14.5 Å². The van der Waals surface area contributed by atoms with Gasteiger partial charge in [0.2, 0.25) is 0 Å². The van der Waals surface area contributed by atoms with Crippen LogP contribution in [0.4, 0.5) is 5.69 Å². The Hall–Kier alpha value is -2.73. The molecule has 0 amide bonds. The van der Waals surface area contributed by atoms with Crippen molar-refractivity contribution in [3.8, 4) is 11.5 Å². The Balaban J connectivity index is 1.61. The first-order valence-corrected chi connectivity index (χ1v) is 10.7. The molecule has 2 atom stereocenters. The molecule has 1 saturated heterocycles. The van der Waals surface area contributed by atoms with Crippen LogP contribution in [0.3, 0.4) is 0 Å². The van der Waals surface area contributed by atoms with Gasteiger partial charge in [-0.1, -0.05) is 30.3 Å². The van der Waals surface area contributed by atoms with Gasteiger partial charge in [-0.25, -0.2) is 0 Å². The van der Waals surface area contributed by atoms with Gasteiger partial charge in [0, 0.05) is 44.0 Å². The highest BCUT2D eigenvalue weighted by Crippen LogP contribution is 2.30. The summed E-state index contributed by atoms with van der Waals surface area (Å²) in [4.78, 5) is 7.42. The lowest BCUT2D eigenvalue weighted by atomic mass is 10.1. The third kappa shape index (κ3) is 5.89. The summed E-state index contributed by atoms with van der Waals surface area (Å²) < 4.78 is 10.7. The SMILES string of the molecule is CCNC(=NCC1CC(C)N(Cc2ccccc2)C1)Nc1ccc(OC)c(OC)c1. The van der Waals surface area contributed by atoms with Crippen molar-refractivity contribution in [2.45, 2.75) is 32.9 Å². The molecule has 2 N–H and O–H groups in total. The Morgan fingerprint density at radius 3 is 2.57 bits per heavy atom. The van der Waals surface area contributed by atoms with Crippen molar-refractivity contribution < 1.29 is 9.47 Å². The molecule has 3 rings (SSSR count). The molecular formula is C24H34N4O2. The van der Waals surface area contributed by atoms with Crippen molar-refractivity contribution in [3.05, 3.63) is 54.1 Å². The van der Waals surface area contributed by atoms with E-state index in [0.717, 1.165) is 37.8 Å². The lowest BCUT2D eigenvalue weighted by Gasteiger charge is -2.20. The molecule has 0 spiro atoms. The van der Waals surface area contributed by atoms with Gasteiger partial charge in [0.1, 0.15) is 0 Å². The highest BCUT2D eigenvalue weighted by molar-refractivity contribution is 5.93. The van der Waals surface area contributed by atoms with Crippen LogP contribution < -0.4 is 20.1 Å². The molecule has 0 saturated carbocycles. The third-order valence-corrected chi connectivity index (χ3v) is 5.52. The van der Waals surface area contributed by atoms with E-state index < -0.39 is 0 Å². The first-order chi connectivity index (χ1) is 14.6. The Bertz CT molecular complexity index is 825. The number of rotatable bonds is 8. The van der Waals surface area contributed by atoms with Gasteiger partial charge in [0.25, 0.3) is 0 Å². The van der Waals surface area contributed by atoms with Crippen LogP contribution in [0.1, 0.15) is 25.8 Å². The Morgan fingerprint density at radius 2 is 1.87 bits per heavy atom. The van der Waals surface area contributed by atoms with E-state index in [1.165, 1.54) is 12.0 Å². The molecule has 2 unspecified atom stereocenters. The predicted octanol–water partition coefficient (Wildman–Crippen LogP) is 3.99. The van der Waals surface area contributed by atoms with E-state index in [9.17, 15) is 0 Å². The van der Waals surface area contributed by atoms with E-state index in [2.05, 4.69) is 59.7 Å². The molecule has 0 bridgehead atoms. The van der Waals surface area contributed by atoms with Crippen LogP contribution in [-0.2, 0) is 6.54 Å². The minimum Gasteiger partial charge on any atom is -0.493 e. The number of nitrogens with one attached hydrogen (secondary N) is 2. The quantitative estimate of drug-likeness (QED) is 0.509. The number of anilines is 1. The average molecular weight is 411 g/mol. The van der Waals surface area contributed by atoms with Crippen molar-refractivity contribution in [1.82, 2.24) is 10.2 Å². The molecular weight excluding hydrogens is 376 g/mol. The fourth-order valence-corrected chi connectivity index (χ4v) is 3.97. The predicted molar refractivity (Wildman–Crippen MR) is 124 cm³/mol.